The van der Waals surface area contributed by atoms with Crippen LogP contribution < -0.4 is 10.2 Å². The monoisotopic (exact) mass is 426 g/mol. The van der Waals surface area contributed by atoms with Gasteiger partial charge in [-0.25, -0.2) is 8.42 Å². The average molecular weight is 426 g/mol. The van der Waals surface area contributed by atoms with Crippen molar-refractivity contribution in [2.45, 2.75) is 29.7 Å². The number of nitrogens with one attached hydrogen (secondary N) is 1. The maximum absolute atomic E-state index is 12.6. The van der Waals surface area contributed by atoms with Gasteiger partial charge in [0.1, 0.15) is 6.54 Å². The summed E-state index contributed by atoms with van der Waals surface area (Å²) in [6, 6.07) is 9.76. The minimum absolute atomic E-state index is 0.0410. The lowest BCUT2D eigenvalue weighted by Crippen LogP contribution is -2.38. The quantitative estimate of drug-likeness (QED) is 0.817. The van der Waals surface area contributed by atoms with Crippen molar-refractivity contribution >= 4 is 33.0 Å². The number of hydrogen-bond donors (Lipinski definition) is 1. The summed E-state index contributed by atoms with van der Waals surface area (Å²) >= 11 is 0. The maximum atomic E-state index is 12.6. The van der Waals surface area contributed by atoms with Crippen molar-refractivity contribution in [2.75, 3.05) is 16.8 Å². The number of carbonyl (C=O) groups is 2. The number of nitrogens with zero attached hydrogens (tertiary/aromatic N) is 1. The van der Waals surface area contributed by atoms with E-state index in [4.69, 9.17) is 0 Å². The third-order valence-corrected chi connectivity index (χ3v) is 6.74. The topological polar surface area (TPSA) is 83.6 Å². The molecule has 0 bridgehead atoms. The van der Waals surface area contributed by atoms with Crippen LogP contribution in [0, 0.1) is 0 Å². The van der Waals surface area contributed by atoms with E-state index in [1.807, 2.05) is 0 Å². The Morgan fingerprint density at radius 2 is 1.76 bits per heavy atom. The molecule has 154 valence electrons. The molecule has 0 aromatic heterocycles. The van der Waals surface area contributed by atoms with Gasteiger partial charge in [-0.1, -0.05) is 12.1 Å². The normalized spacial score (nSPS) is 18.7. The molecule has 6 nitrogen and oxygen atoms in total. The van der Waals surface area contributed by atoms with E-state index in [0.29, 0.717) is 0 Å². The lowest BCUT2D eigenvalue weighted by atomic mass is 10.2. The number of para-hydroxylation sites is 1. The second-order valence-corrected chi connectivity index (χ2v) is 8.97. The van der Waals surface area contributed by atoms with Gasteiger partial charge in [-0.15, -0.1) is 0 Å². The summed E-state index contributed by atoms with van der Waals surface area (Å²) in [5.74, 6) is -1.20. The van der Waals surface area contributed by atoms with Gasteiger partial charge < -0.3 is 10.2 Å². The Balaban J connectivity index is 1.83. The summed E-state index contributed by atoms with van der Waals surface area (Å²) in [6.45, 7) is 0.953. The summed E-state index contributed by atoms with van der Waals surface area (Å²) in [5.41, 5.74) is -0.629. The Kier molecular flexibility index (Phi) is 5.40. The van der Waals surface area contributed by atoms with Crippen LogP contribution in [0.2, 0.25) is 0 Å². The van der Waals surface area contributed by atoms with Crippen molar-refractivity contribution in [1.82, 2.24) is 0 Å². The van der Waals surface area contributed by atoms with Crippen LogP contribution >= 0.6 is 0 Å². The number of rotatable bonds is 3. The number of halogens is 3. The number of anilines is 2. The van der Waals surface area contributed by atoms with Gasteiger partial charge in [-0.2, -0.15) is 13.2 Å². The molecule has 1 N–H and O–H groups in total. The Bertz CT molecular complexity index is 1050. The SMILES string of the molecule is C[C@H]1CC(=O)N(CC(=O)Nc2ccc(C(F)(F)F)cc2)c2ccccc2S1(=O)=O. The first-order valence-corrected chi connectivity index (χ1v) is 10.1. The minimum Gasteiger partial charge on any atom is -0.325 e. The zero-order valence-electron chi connectivity index (χ0n) is 15.2. The number of carbonyl (C=O) groups excluding carboxylic acids is 2. The van der Waals surface area contributed by atoms with Crippen molar-refractivity contribution in [3.05, 3.63) is 54.1 Å². The molecule has 0 saturated heterocycles. The van der Waals surface area contributed by atoms with Crippen LogP contribution in [0.4, 0.5) is 24.5 Å². The molecule has 1 heterocycles. The third-order valence-electron chi connectivity index (χ3n) is 4.55. The third kappa shape index (κ3) is 4.26. The van der Waals surface area contributed by atoms with Gasteiger partial charge in [0, 0.05) is 12.1 Å². The highest BCUT2D eigenvalue weighted by molar-refractivity contribution is 7.92. The average Bonchev–Trinajstić information content (AvgIpc) is 2.71. The summed E-state index contributed by atoms with van der Waals surface area (Å²) in [7, 11) is -3.74. The number of alkyl halides is 3. The minimum atomic E-state index is -4.49. The zero-order chi connectivity index (χ0) is 21.4. The second-order valence-electron chi connectivity index (χ2n) is 6.63. The zero-order valence-corrected chi connectivity index (χ0v) is 16.0. The Morgan fingerprint density at radius 3 is 2.38 bits per heavy atom. The van der Waals surface area contributed by atoms with Gasteiger partial charge in [-0.3, -0.25) is 9.59 Å². The standard InChI is InChI=1S/C19H17F3N2O4S/c1-12-10-18(26)24(15-4-2-3-5-16(15)29(12,27)28)11-17(25)23-14-8-6-13(7-9-14)19(20,21)22/h2-9,12H,10-11H2,1H3,(H,23,25)/t12-/m0/s1. The molecule has 2 amide bonds. The fourth-order valence-corrected chi connectivity index (χ4v) is 4.53. The van der Waals surface area contributed by atoms with E-state index >= 15 is 0 Å². The van der Waals surface area contributed by atoms with Gasteiger partial charge in [0.2, 0.25) is 11.8 Å². The highest BCUT2D eigenvalue weighted by Crippen LogP contribution is 2.33. The number of hydrogen-bond acceptors (Lipinski definition) is 4. The van der Waals surface area contributed by atoms with E-state index in [9.17, 15) is 31.2 Å². The Hall–Kier alpha value is -2.88. The first-order valence-electron chi connectivity index (χ1n) is 8.60. The molecular weight excluding hydrogens is 409 g/mol. The van der Waals surface area contributed by atoms with Gasteiger partial charge in [0.25, 0.3) is 0 Å². The number of sulfone groups is 1. The molecule has 0 fully saturated rings. The molecule has 3 rings (SSSR count). The molecule has 1 aliphatic rings. The highest BCUT2D eigenvalue weighted by Gasteiger charge is 2.36. The lowest BCUT2D eigenvalue weighted by Gasteiger charge is -2.22. The van der Waals surface area contributed by atoms with E-state index in [0.717, 1.165) is 29.2 Å². The van der Waals surface area contributed by atoms with Crippen molar-refractivity contribution < 1.29 is 31.2 Å². The van der Waals surface area contributed by atoms with Gasteiger partial charge in [0.05, 0.1) is 21.4 Å². The molecule has 0 saturated carbocycles. The van der Waals surface area contributed by atoms with Gasteiger partial charge >= 0.3 is 6.18 Å². The molecule has 0 aliphatic carbocycles. The van der Waals surface area contributed by atoms with Gasteiger partial charge in [-0.05, 0) is 43.3 Å². The van der Waals surface area contributed by atoms with Crippen molar-refractivity contribution in [2.24, 2.45) is 0 Å². The fourth-order valence-electron chi connectivity index (χ4n) is 3.00. The molecular formula is C19H17F3N2O4S. The maximum Gasteiger partial charge on any atom is 0.416 e. The van der Waals surface area contributed by atoms with Crippen LogP contribution in [0.5, 0.6) is 0 Å². The lowest BCUT2D eigenvalue weighted by molar-refractivity contribution is -0.137. The van der Waals surface area contributed by atoms with Crippen LogP contribution in [0.25, 0.3) is 0 Å². The Morgan fingerprint density at radius 1 is 1.14 bits per heavy atom. The van der Waals surface area contributed by atoms with Crippen LogP contribution in [0.1, 0.15) is 18.9 Å². The van der Waals surface area contributed by atoms with Gasteiger partial charge in [0.15, 0.2) is 9.84 Å². The number of amides is 2. The second kappa shape index (κ2) is 7.51. The summed E-state index contributed by atoms with van der Waals surface area (Å²) in [5, 5.41) is 1.48. The van der Waals surface area contributed by atoms with Crippen molar-refractivity contribution in [3.8, 4) is 0 Å². The molecule has 1 aliphatic heterocycles. The van der Waals surface area contributed by atoms with Crippen LogP contribution in [-0.2, 0) is 25.6 Å². The van der Waals surface area contributed by atoms with Crippen molar-refractivity contribution in [3.63, 3.8) is 0 Å². The van der Waals surface area contributed by atoms with Crippen LogP contribution in [0.15, 0.2) is 53.4 Å². The smallest absolute Gasteiger partial charge is 0.325 e. The summed E-state index contributed by atoms with van der Waals surface area (Å²) < 4.78 is 63.1. The van der Waals surface area contributed by atoms with E-state index in [1.54, 1.807) is 6.07 Å². The van der Waals surface area contributed by atoms with Crippen LogP contribution in [0.3, 0.4) is 0 Å². The summed E-state index contributed by atoms with van der Waals surface area (Å²) in [6.07, 6.45) is -4.78. The molecule has 2 aromatic carbocycles. The molecule has 10 heteroatoms. The number of benzene rings is 2. The molecule has 0 spiro atoms. The van der Waals surface area contributed by atoms with E-state index < -0.39 is 45.2 Å². The largest absolute Gasteiger partial charge is 0.416 e. The first kappa shape index (κ1) is 20.8. The van der Waals surface area contributed by atoms with E-state index in [1.165, 1.54) is 25.1 Å². The molecule has 1 atom stereocenters. The number of fused-ring (bicyclic) bond motifs is 1. The predicted molar refractivity (Wildman–Crippen MR) is 100 cm³/mol. The molecule has 29 heavy (non-hydrogen) atoms. The summed E-state index contributed by atoms with van der Waals surface area (Å²) in [4.78, 5) is 26.0. The molecule has 0 unspecified atom stereocenters. The van der Waals surface area contributed by atoms with Crippen LogP contribution in [-0.4, -0.2) is 32.0 Å². The molecule has 0 radical (unpaired) electrons. The predicted octanol–water partition coefficient (Wildman–Crippen LogP) is 3.24. The van der Waals surface area contributed by atoms with E-state index in [-0.39, 0.29) is 22.7 Å². The van der Waals surface area contributed by atoms with E-state index in [2.05, 4.69) is 5.32 Å². The van der Waals surface area contributed by atoms with Crippen molar-refractivity contribution in [1.29, 1.82) is 0 Å². The fraction of sp³-hybridized carbons (Fsp3) is 0.263. The molecule has 2 aromatic rings. The highest BCUT2D eigenvalue weighted by atomic mass is 32.2. The Labute approximate surface area is 165 Å². The first-order chi connectivity index (χ1) is 13.5.